The lowest BCUT2D eigenvalue weighted by Gasteiger charge is -2.07. The van der Waals surface area contributed by atoms with Gasteiger partial charge in [0.15, 0.2) is 11.6 Å². The van der Waals surface area contributed by atoms with Gasteiger partial charge in [0, 0.05) is 6.42 Å². The van der Waals surface area contributed by atoms with Crippen LogP contribution in [0.5, 0.6) is 5.75 Å². The molecule has 4 nitrogen and oxygen atoms in total. The zero-order chi connectivity index (χ0) is 12.7. The predicted octanol–water partition coefficient (Wildman–Crippen LogP) is 2.77. The summed E-state index contributed by atoms with van der Waals surface area (Å²) in [6.07, 6.45) is 1.87. The molecule has 3 N–H and O–H groups in total. The van der Waals surface area contributed by atoms with Crippen LogP contribution >= 0.6 is 11.6 Å². The number of hydrogen-bond donors (Lipinski definition) is 2. The molecular weight excluding hydrogens is 247 g/mol. The average Bonchev–Trinajstić information content (AvgIpc) is 2.33. The van der Waals surface area contributed by atoms with Crippen LogP contribution in [0.2, 0.25) is 5.02 Å². The number of oxime groups is 1. The molecule has 0 aliphatic rings. The maximum absolute atomic E-state index is 13.4. The Hall–Kier alpha value is -1.49. The summed E-state index contributed by atoms with van der Waals surface area (Å²) in [6, 6.07) is 4.60. The first-order valence-corrected chi connectivity index (χ1v) is 5.56. The van der Waals surface area contributed by atoms with E-state index < -0.39 is 5.82 Å². The minimum absolute atomic E-state index is 0.0409. The Balaban J connectivity index is 2.29. The number of hydrogen-bond acceptors (Lipinski definition) is 3. The third-order valence-corrected chi connectivity index (χ3v) is 2.42. The van der Waals surface area contributed by atoms with Crippen LogP contribution in [0, 0.1) is 5.82 Å². The zero-order valence-corrected chi connectivity index (χ0v) is 9.95. The minimum atomic E-state index is -0.550. The Bertz CT molecular complexity index is 399. The van der Waals surface area contributed by atoms with Crippen molar-refractivity contribution in [1.82, 2.24) is 0 Å². The lowest BCUT2D eigenvalue weighted by atomic mass is 10.2. The van der Waals surface area contributed by atoms with Crippen molar-refractivity contribution >= 4 is 17.4 Å². The molecule has 17 heavy (non-hydrogen) atoms. The van der Waals surface area contributed by atoms with E-state index in [0.29, 0.717) is 25.9 Å². The van der Waals surface area contributed by atoms with E-state index in [0.717, 1.165) is 0 Å². The highest BCUT2D eigenvalue weighted by Crippen LogP contribution is 2.24. The molecule has 94 valence electrons. The fourth-order valence-electron chi connectivity index (χ4n) is 1.24. The molecule has 0 radical (unpaired) electrons. The molecule has 1 aromatic rings. The molecule has 0 fully saturated rings. The van der Waals surface area contributed by atoms with Crippen molar-refractivity contribution in [3.63, 3.8) is 0 Å². The van der Waals surface area contributed by atoms with E-state index in [1.165, 1.54) is 12.1 Å². The summed E-state index contributed by atoms with van der Waals surface area (Å²) in [5.74, 6) is -0.231. The SMILES string of the molecule is N/C(CCCCOc1cccc(Cl)c1F)=N/O. The van der Waals surface area contributed by atoms with Crippen LogP contribution in [-0.2, 0) is 0 Å². The highest BCUT2D eigenvalue weighted by Gasteiger charge is 2.06. The minimum Gasteiger partial charge on any atom is -0.490 e. The summed E-state index contributed by atoms with van der Waals surface area (Å²) in [5, 5.41) is 11.2. The lowest BCUT2D eigenvalue weighted by molar-refractivity contribution is 0.291. The Labute approximate surface area is 104 Å². The Morgan fingerprint density at radius 1 is 1.47 bits per heavy atom. The molecule has 0 saturated heterocycles. The molecule has 1 aromatic carbocycles. The highest BCUT2D eigenvalue weighted by molar-refractivity contribution is 6.30. The monoisotopic (exact) mass is 260 g/mol. The Morgan fingerprint density at radius 3 is 2.94 bits per heavy atom. The number of unbranched alkanes of at least 4 members (excludes halogenated alkanes) is 1. The standard InChI is InChI=1S/C11H14ClFN2O2/c12-8-4-3-5-9(11(8)13)17-7-2-1-6-10(14)15-16/h3-5,16H,1-2,6-7H2,(H2,14,15). The second-order valence-corrected chi connectivity index (χ2v) is 3.86. The van der Waals surface area contributed by atoms with E-state index in [2.05, 4.69) is 5.16 Å². The van der Waals surface area contributed by atoms with Gasteiger partial charge in [-0.25, -0.2) is 4.39 Å². The van der Waals surface area contributed by atoms with Crippen molar-refractivity contribution in [1.29, 1.82) is 0 Å². The van der Waals surface area contributed by atoms with Gasteiger partial charge in [0.05, 0.1) is 11.6 Å². The fraction of sp³-hybridized carbons (Fsp3) is 0.364. The number of ether oxygens (including phenoxy) is 1. The molecule has 0 amide bonds. The van der Waals surface area contributed by atoms with Gasteiger partial charge in [-0.2, -0.15) is 0 Å². The zero-order valence-electron chi connectivity index (χ0n) is 9.20. The van der Waals surface area contributed by atoms with Gasteiger partial charge in [-0.05, 0) is 25.0 Å². The van der Waals surface area contributed by atoms with Gasteiger partial charge in [-0.1, -0.05) is 22.8 Å². The molecule has 0 aliphatic heterocycles. The number of nitrogens with zero attached hydrogens (tertiary/aromatic N) is 1. The largest absolute Gasteiger partial charge is 0.490 e. The van der Waals surface area contributed by atoms with Gasteiger partial charge < -0.3 is 15.7 Å². The van der Waals surface area contributed by atoms with Gasteiger partial charge in [-0.3, -0.25) is 0 Å². The van der Waals surface area contributed by atoms with Crippen LogP contribution in [0.4, 0.5) is 4.39 Å². The number of nitrogens with two attached hydrogens (primary N) is 1. The molecule has 0 saturated carbocycles. The van der Waals surface area contributed by atoms with Crippen molar-refractivity contribution in [3.05, 3.63) is 29.0 Å². The van der Waals surface area contributed by atoms with E-state index in [1.54, 1.807) is 6.07 Å². The molecule has 0 atom stereocenters. The van der Waals surface area contributed by atoms with E-state index in [1.807, 2.05) is 0 Å². The topological polar surface area (TPSA) is 67.8 Å². The van der Waals surface area contributed by atoms with Crippen molar-refractivity contribution in [2.75, 3.05) is 6.61 Å². The lowest BCUT2D eigenvalue weighted by Crippen LogP contribution is -2.11. The van der Waals surface area contributed by atoms with Gasteiger partial charge in [-0.15, -0.1) is 0 Å². The highest BCUT2D eigenvalue weighted by atomic mass is 35.5. The van der Waals surface area contributed by atoms with E-state index in [4.69, 9.17) is 27.3 Å². The number of halogens is 2. The van der Waals surface area contributed by atoms with Crippen LogP contribution in [0.25, 0.3) is 0 Å². The van der Waals surface area contributed by atoms with Crippen molar-refractivity contribution in [3.8, 4) is 5.75 Å². The van der Waals surface area contributed by atoms with Gasteiger partial charge in [0.2, 0.25) is 0 Å². The summed E-state index contributed by atoms with van der Waals surface area (Å²) >= 11 is 5.60. The second kappa shape index (κ2) is 6.96. The summed E-state index contributed by atoms with van der Waals surface area (Å²) in [6.45, 7) is 0.357. The number of benzene rings is 1. The summed E-state index contributed by atoms with van der Waals surface area (Å²) in [5.41, 5.74) is 5.29. The summed E-state index contributed by atoms with van der Waals surface area (Å²) in [4.78, 5) is 0. The number of amidine groups is 1. The molecule has 0 heterocycles. The third kappa shape index (κ3) is 4.48. The first kappa shape index (κ1) is 13.6. The third-order valence-electron chi connectivity index (χ3n) is 2.13. The Morgan fingerprint density at radius 2 is 2.24 bits per heavy atom. The normalized spacial score (nSPS) is 11.5. The van der Waals surface area contributed by atoms with Crippen LogP contribution in [0.3, 0.4) is 0 Å². The summed E-state index contributed by atoms with van der Waals surface area (Å²) in [7, 11) is 0. The van der Waals surface area contributed by atoms with Crippen LogP contribution in [0.1, 0.15) is 19.3 Å². The van der Waals surface area contributed by atoms with E-state index in [9.17, 15) is 4.39 Å². The van der Waals surface area contributed by atoms with E-state index in [-0.39, 0.29) is 16.6 Å². The first-order valence-electron chi connectivity index (χ1n) is 5.18. The predicted molar refractivity (Wildman–Crippen MR) is 64.2 cm³/mol. The first-order chi connectivity index (χ1) is 8.15. The molecule has 0 unspecified atom stereocenters. The molecule has 1 rings (SSSR count). The van der Waals surface area contributed by atoms with Crippen molar-refractivity contribution < 1.29 is 14.3 Å². The molecule has 0 bridgehead atoms. The number of rotatable bonds is 6. The molecule has 0 spiro atoms. The van der Waals surface area contributed by atoms with Crippen LogP contribution in [-0.4, -0.2) is 17.6 Å². The van der Waals surface area contributed by atoms with Gasteiger partial charge >= 0.3 is 0 Å². The van der Waals surface area contributed by atoms with Crippen LogP contribution < -0.4 is 10.5 Å². The molecule has 6 heteroatoms. The molecule has 0 aromatic heterocycles. The maximum atomic E-state index is 13.4. The van der Waals surface area contributed by atoms with Gasteiger partial charge in [0.25, 0.3) is 0 Å². The van der Waals surface area contributed by atoms with Crippen molar-refractivity contribution in [2.24, 2.45) is 10.9 Å². The smallest absolute Gasteiger partial charge is 0.183 e. The van der Waals surface area contributed by atoms with Gasteiger partial charge in [0.1, 0.15) is 5.84 Å². The van der Waals surface area contributed by atoms with E-state index >= 15 is 0 Å². The van der Waals surface area contributed by atoms with Crippen LogP contribution in [0.15, 0.2) is 23.4 Å². The molecular formula is C11H14ClFN2O2. The average molecular weight is 261 g/mol. The van der Waals surface area contributed by atoms with Crippen molar-refractivity contribution in [2.45, 2.75) is 19.3 Å². The summed E-state index contributed by atoms with van der Waals surface area (Å²) < 4.78 is 18.6. The molecule has 0 aliphatic carbocycles. The maximum Gasteiger partial charge on any atom is 0.183 e. The quantitative estimate of drug-likeness (QED) is 0.272. The Kier molecular flexibility index (Phi) is 5.56. The second-order valence-electron chi connectivity index (χ2n) is 3.45. The fourth-order valence-corrected chi connectivity index (χ4v) is 1.40.